The zero-order valence-electron chi connectivity index (χ0n) is 9.85. The Hall–Kier alpha value is -2.04. The first kappa shape index (κ1) is 11.1. The number of benzene rings is 1. The van der Waals surface area contributed by atoms with Gasteiger partial charge in [0.1, 0.15) is 0 Å². The van der Waals surface area contributed by atoms with Crippen molar-refractivity contribution in [3.8, 4) is 0 Å². The van der Waals surface area contributed by atoms with E-state index in [4.69, 9.17) is 5.11 Å². The van der Waals surface area contributed by atoms with Crippen LogP contribution in [0.5, 0.6) is 0 Å². The van der Waals surface area contributed by atoms with Crippen LogP contribution in [0.3, 0.4) is 0 Å². The smallest absolute Gasteiger partial charge is 0.335 e. The molecule has 0 unspecified atom stereocenters. The number of nitrogens with zero attached hydrogens (tertiary/aromatic N) is 1. The third-order valence-electron chi connectivity index (χ3n) is 3.69. The van der Waals surface area contributed by atoms with E-state index in [1.807, 2.05) is 0 Å². The highest BCUT2D eigenvalue weighted by molar-refractivity contribution is 5.92. The maximum absolute atomic E-state index is 11.9. The van der Waals surface area contributed by atoms with E-state index in [1.165, 1.54) is 12.5 Å². The lowest BCUT2D eigenvalue weighted by atomic mass is 9.85. The highest BCUT2D eigenvalue weighted by atomic mass is 16.4. The topological polar surface area (TPSA) is 75.1 Å². The Labute approximate surface area is 103 Å². The van der Waals surface area contributed by atoms with E-state index in [0.717, 1.165) is 12.8 Å². The average Bonchev–Trinajstić information content (AvgIpc) is 2.58. The summed E-state index contributed by atoms with van der Waals surface area (Å²) in [6.45, 7) is 0.682. The number of aromatic carboxylic acids is 1. The fourth-order valence-electron chi connectivity index (χ4n) is 2.40. The molecule has 0 bridgehead atoms. The molecule has 1 aromatic heterocycles. The third kappa shape index (κ3) is 1.72. The molecule has 94 valence electrons. The Morgan fingerprint density at radius 1 is 1.44 bits per heavy atom. The molecular formula is C13H14N2O3. The van der Waals surface area contributed by atoms with Crippen molar-refractivity contribution in [3.63, 3.8) is 0 Å². The molecule has 0 spiro atoms. The summed E-state index contributed by atoms with van der Waals surface area (Å²) >= 11 is 0. The number of carboxylic acids is 1. The number of hydrogen-bond donors (Lipinski definition) is 2. The lowest BCUT2D eigenvalue weighted by Crippen LogP contribution is -2.25. The second-order valence-corrected chi connectivity index (χ2v) is 4.87. The predicted molar refractivity (Wildman–Crippen MR) is 66.9 cm³/mol. The number of nitrogens with one attached hydrogen (secondary N) is 1. The van der Waals surface area contributed by atoms with Gasteiger partial charge in [-0.05, 0) is 37.0 Å². The minimum absolute atomic E-state index is 0.153. The lowest BCUT2D eigenvalue weighted by molar-refractivity contribution is 0.0697. The molecule has 1 aliphatic carbocycles. The van der Waals surface area contributed by atoms with Crippen LogP contribution in [0.4, 0.5) is 0 Å². The molecule has 1 heterocycles. The minimum atomic E-state index is -0.972. The Balaban J connectivity index is 2.09. The number of aromatic amines is 1. The van der Waals surface area contributed by atoms with Crippen LogP contribution < -0.4 is 5.69 Å². The van der Waals surface area contributed by atoms with Crippen molar-refractivity contribution in [2.24, 2.45) is 5.92 Å². The van der Waals surface area contributed by atoms with Gasteiger partial charge in [-0.25, -0.2) is 9.59 Å². The molecule has 1 saturated carbocycles. The average molecular weight is 246 g/mol. The molecule has 2 aromatic rings. The van der Waals surface area contributed by atoms with Gasteiger partial charge in [-0.3, -0.25) is 4.57 Å². The molecule has 1 fully saturated rings. The van der Waals surface area contributed by atoms with Gasteiger partial charge < -0.3 is 10.1 Å². The van der Waals surface area contributed by atoms with E-state index in [9.17, 15) is 9.59 Å². The van der Waals surface area contributed by atoms with Crippen LogP contribution in [0.15, 0.2) is 23.0 Å². The summed E-state index contributed by atoms with van der Waals surface area (Å²) < 4.78 is 1.66. The predicted octanol–water partition coefficient (Wildman–Crippen LogP) is 1.83. The van der Waals surface area contributed by atoms with Crippen molar-refractivity contribution in [2.45, 2.75) is 25.8 Å². The van der Waals surface area contributed by atoms with Gasteiger partial charge in [0, 0.05) is 6.54 Å². The summed E-state index contributed by atoms with van der Waals surface area (Å²) in [5.74, 6) is -0.420. The maximum atomic E-state index is 11.9. The highest BCUT2D eigenvalue weighted by Crippen LogP contribution is 2.28. The Morgan fingerprint density at radius 2 is 2.22 bits per heavy atom. The molecule has 2 N–H and O–H groups in total. The van der Waals surface area contributed by atoms with Gasteiger partial charge in [0.2, 0.25) is 0 Å². The number of aromatic nitrogens is 2. The maximum Gasteiger partial charge on any atom is 0.335 e. The van der Waals surface area contributed by atoms with Crippen LogP contribution in [0.1, 0.15) is 29.6 Å². The van der Waals surface area contributed by atoms with Crippen molar-refractivity contribution >= 4 is 17.0 Å². The Bertz CT molecular complexity index is 664. The number of hydrogen-bond acceptors (Lipinski definition) is 2. The lowest BCUT2D eigenvalue weighted by Gasteiger charge is -2.25. The van der Waals surface area contributed by atoms with Gasteiger partial charge in [0.25, 0.3) is 0 Å². The largest absolute Gasteiger partial charge is 0.478 e. The van der Waals surface area contributed by atoms with Crippen molar-refractivity contribution in [1.82, 2.24) is 9.55 Å². The molecule has 0 saturated heterocycles. The summed E-state index contributed by atoms with van der Waals surface area (Å²) in [6, 6.07) is 4.72. The molecular weight excluding hydrogens is 232 g/mol. The van der Waals surface area contributed by atoms with E-state index >= 15 is 0 Å². The Kier molecular flexibility index (Phi) is 2.47. The third-order valence-corrected chi connectivity index (χ3v) is 3.69. The van der Waals surface area contributed by atoms with Crippen molar-refractivity contribution in [3.05, 3.63) is 34.2 Å². The summed E-state index contributed by atoms with van der Waals surface area (Å²) in [5.41, 5.74) is 1.44. The minimum Gasteiger partial charge on any atom is -0.478 e. The summed E-state index contributed by atoms with van der Waals surface area (Å²) in [4.78, 5) is 25.6. The van der Waals surface area contributed by atoms with E-state index in [1.54, 1.807) is 16.7 Å². The normalized spacial score (nSPS) is 15.8. The van der Waals surface area contributed by atoms with Gasteiger partial charge in [-0.15, -0.1) is 0 Å². The first-order valence-electron chi connectivity index (χ1n) is 6.11. The number of carboxylic acid groups (broad SMARTS) is 1. The molecule has 5 nitrogen and oxygen atoms in total. The number of fused-ring (bicyclic) bond motifs is 1. The van der Waals surface area contributed by atoms with Crippen molar-refractivity contribution in [1.29, 1.82) is 0 Å². The summed E-state index contributed by atoms with van der Waals surface area (Å²) in [5, 5.41) is 8.98. The van der Waals surface area contributed by atoms with E-state index in [-0.39, 0.29) is 11.3 Å². The van der Waals surface area contributed by atoms with Gasteiger partial charge in [-0.2, -0.15) is 0 Å². The van der Waals surface area contributed by atoms with E-state index in [2.05, 4.69) is 4.98 Å². The van der Waals surface area contributed by atoms with Gasteiger partial charge in [0.15, 0.2) is 0 Å². The zero-order valence-corrected chi connectivity index (χ0v) is 9.85. The number of carbonyl (C=O) groups is 1. The SMILES string of the molecule is O=C(O)c1ccc2[nH]c(=O)n(CC3CCC3)c2c1. The molecule has 18 heavy (non-hydrogen) atoms. The Morgan fingerprint density at radius 3 is 2.83 bits per heavy atom. The monoisotopic (exact) mass is 246 g/mol. The second-order valence-electron chi connectivity index (χ2n) is 4.87. The highest BCUT2D eigenvalue weighted by Gasteiger charge is 2.20. The quantitative estimate of drug-likeness (QED) is 0.867. The van der Waals surface area contributed by atoms with Crippen LogP contribution in [-0.4, -0.2) is 20.6 Å². The standard InChI is InChI=1S/C13H14N2O3/c16-12(17)9-4-5-10-11(6-9)15(13(18)14-10)7-8-2-1-3-8/h4-6,8H,1-3,7H2,(H,14,18)(H,16,17). The van der Waals surface area contributed by atoms with Crippen LogP contribution in [-0.2, 0) is 6.54 Å². The summed E-state index contributed by atoms with van der Waals surface area (Å²) in [7, 11) is 0. The van der Waals surface area contributed by atoms with E-state index in [0.29, 0.717) is 23.5 Å². The van der Waals surface area contributed by atoms with Crippen LogP contribution in [0.25, 0.3) is 11.0 Å². The zero-order chi connectivity index (χ0) is 12.7. The van der Waals surface area contributed by atoms with Gasteiger partial charge >= 0.3 is 11.7 Å². The first-order valence-corrected chi connectivity index (χ1v) is 6.11. The molecule has 0 radical (unpaired) electrons. The molecule has 1 aliphatic rings. The van der Waals surface area contributed by atoms with Crippen molar-refractivity contribution in [2.75, 3.05) is 0 Å². The number of rotatable bonds is 3. The fraction of sp³-hybridized carbons (Fsp3) is 0.385. The van der Waals surface area contributed by atoms with Gasteiger partial charge in [0.05, 0.1) is 16.6 Å². The molecule has 5 heteroatoms. The number of H-pyrrole nitrogens is 1. The van der Waals surface area contributed by atoms with Crippen LogP contribution >= 0.6 is 0 Å². The first-order chi connectivity index (χ1) is 8.65. The van der Waals surface area contributed by atoms with Crippen LogP contribution in [0, 0.1) is 5.92 Å². The van der Waals surface area contributed by atoms with Crippen molar-refractivity contribution < 1.29 is 9.90 Å². The summed E-state index contributed by atoms with van der Waals surface area (Å²) in [6.07, 6.45) is 3.53. The molecule has 1 aromatic carbocycles. The molecule has 3 rings (SSSR count). The number of imidazole rings is 1. The molecule has 0 aliphatic heterocycles. The van der Waals surface area contributed by atoms with Crippen LogP contribution in [0.2, 0.25) is 0 Å². The molecule has 0 atom stereocenters. The van der Waals surface area contributed by atoms with E-state index < -0.39 is 5.97 Å². The molecule has 0 amide bonds. The fourth-order valence-corrected chi connectivity index (χ4v) is 2.40. The van der Waals surface area contributed by atoms with Gasteiger partial charge in [-0.1, -0.05) is 6.42 Å². The second kappa shape index (κ2) is 4.01.